The first-order valence-corrected chi connectivity index (χ1v) is 8.72. The normalized spacial score (nSPS) is 26.7. The second-order valence-electron chi connectivity index (χ2n) is 7.09. The van der Waals surface area contributed by atoms with Gasteiger partial charge in [-0.1, -0.05) is 6.42 Å². The van der Waals surface area contributed by atoms with E-state index in [1.807, 2.05) is 13.0 Å². The Morgan fingerprint density at radius 3 is 2.87 bits per heavy atom. The van der Waals surface area contributed by atoms with Gasteiger partial charge in [0.2, 0.25) is 0 Å². The van der Waals surface area contributed by atoms with E-state index in [0.29, 0.717) is 18.3 Å². The summed E-state index contributed by atoms with van der Waals surface area (Å²) < 4.78 is 5.78. The van der Waals surface area contributed by atoms with Crippen molar-refractivity contribution in [3.63, 3.8) is 0 Å². The van der Waals surface area contributed by atoms with E-state index in [0.717, 1.165) is 56.7 Å². The van der Waals surface area contributed by atoms with Crippen molar-refractivity contribution in [2.24, 2.45) is 0 Å². The molecule has 0 radical (unpaired) electrons. The third-order valence-corrected chi connectivity index (χ3v) is 5.33. The molecule has 3 fully saturated rings. The molecule has 124 valence electrons. The molecule has 3 heterocycles. The standard InChI is InChI=1S/C17H24N4O2/c1-12-19-14(13-5-8-18-10-13)9-15(20-12)21-11-17(23-16(21)22)6-3-2-4-7-17/h9,13,18H,2-8,10-11H2,1H3. The number of ether oxygens (including phenoxy) is 1. The van der Waals surface area contributed by atoms with Crippen molar-refractivity contribution in [3.05, 3.63) is 17.6 Å². The van der Waals surface area contributed by atoms with Crippen LogP contribution in [-0.4, -0.2) is 41.3 Å². The summed E-state index contributed by atoms with van der Waals surface area (Å²) in [5.41, 5.74) is 0.749. The van der Waals surface area contributed by atoms with Gasteiger partial charge in [0, 0.05) is 18.5 Å². The zero-order valence-electron chi connectivity index (χ0n) is 13.7. The zero-order valence-corrected chi connectivity index (χ0v) is 13.7. The van der Waals surface area contributed by atoms with Crippen molar-refractivity contribution in [1.29, 1.82) is 0 Å². The maximum absolute atomic E-state index is 12.4. The summed E-state index contributed by atoms with van der Waals surface area (Å²) in [6, 6.07) is 1.98. The van der Waals surface area contributed by atoms with Crippen LogP contribution in [0.4, 0.5) is 10.6 Å². The van der Waals surface area contributed by atoms with Crippen LogP contribution in [0.25, 0.3) is 0 Å². The van der Waals surface area contributed by atoms with Crippen LogP contribution in [0.1, 0.15) is 56.0 Å². The first-order valence-electron chi connectivity index (χ1n) is 8.72. The van der Waals surface area contributed by atoms with Gasteiger partial charge in [0.25, 0.3) is 0 Å². The molecule has 1 aliphatic carbocycles. The smallest absolute Gasteiger partial charge is 0.416 e. The van der Waals surface area contributed by atoms with Gasteiger partial charge in [0.05, 0.1) is 12.2 Å². The number of nitrogens with one attached hydrogen (secondary N) is 1. The van der Waals surface area contributed by atoms with Crippen molar-refractivity contribution in [3.8, 4) is 0 Å². The molecular weight excluding hydrogens is 292 g/mol. The minimum atomic E-state index is -0.288. The molecule has 1 aromatic rings. The van der Waals surface area contributed by atoms with Crippen molar-refractivity contribution < 1.29 is 9.53 Å². The van der Waals surface area contributed by atoms with Gasteiger partial charge in [-0.15, -0.1) is 0 Å². The Balaban J connectivity index is 1.61. The number of carbonyl (C=O) groups excluding carboxylic acids is 1. The maximum Gasteiger partial charge on any atom is 0.416 e. The van der Waals surface area contributed by atoms with Gasteiger partial charge >= 0.3 is 6.09 Å². The summed E-state index contributed by atoms with van der Waals surface area (Å²) >= 11 is 0. The zero-order chi connectivity index (χ0) is 15.9. The molecular formula is C17H24N4O2. The van der Waals surface area contributed by atoms with Crippen LogP contribution in [0.15, 0.2) is 6.07 Å². The molecule has 0 bridgehead atoms. The Morgan fingerprint density at radius 2 is 2.13 bits per heavy atom. The van der Waals surface area contributed by atoms with E-state index in [1.165, 1.54) is 6.42 Å². The van der Waals surface area contributed by atoms with E-state index < -0.39 is 0 Å². The number of carbonyl (C=O) groups is 1. The fourth-order valence-corrected chi connectivity index (χ4v) is 4.09. The first-order chi connectivity index (χ1) is 11.2. The van der Waals surface area contributed by atoms with Gasteiger partial charge in [-0.25, -0.2) is 14.8 Å². The number of hydrogen-bond acceptors (Lipinski definition) is 5. The number of hydrogen-bond donors (Lipinski definition) is 1. The van der Waals surface area contributed by atoms with Gasteiger partial charge in [-0.3, -0.25) is 4.90 Å². The van der Waals surface area contributed by atoms with Gasteiger partial charge in [-0.05, 0) is 45.6 Å². The third-order valence-electron chi connectivity index (χ3n) is 5.33. The fraction of sp³-hybridized carbons (Fsp3) is 0.706. The third kappa shape index (κ3) is 2.80. The number of aryl methyl sites for hydroxylation is 1. The lowest BCUT2D eigenvalue weighted by atomic mass is 9.85. The van der Waals surface area contributed by atoms with E-state index in [4.69, 9.17) is 4.74 Å². The summed E-state index contributed by atoms with van der Waals surface area (Å²) in [7, 11) is 0. The highest BCUT2D eigenvalue weighted by molar-refractivity contribution is 5.89. The lowest BCUT2D eigenvalue weighted by Crippen LogP contribution is -2.36. The van der Waals surface area contributed by atoms with Gasteiger partial charge in [-0.2, -0.15) is 0 Å². The summed E-state index contributed by atoms with van der Waals surface area (Å²) in [5, 5.41) is 3.37. The second-order valence-corrected chi connectivity index (χ2v) is 7.09. The SMILES string of the molecule is Cc1nc(C2CCNC2)cc(N2CC3(CCCCC3)OC2=O)n1. The van der Waals surface area contributed by atoms with Crippen molar-refractivity contribution in [2.45, 2.75) is 57.0 Å². The predicted octanol–water partition coefficient (Wildman–Crippen LogP) is 2.52. The number of rotatable bonds is 2. The quantitative estimate of drug-likeness (QED) is 0.908. The van der Waals surface area contributed by atoms with Gasteiger partial charge in [0.1, 0.15) is 17.2 Å². The predicted molar refractivity (Wildman–Crippen MR) is 86.6 cm³/mol. The monoisotopic (exact) mass is 316 g/mol. The van der Waals surface area contributed by atoms with E-state index >= 15 is 0 Å². The van der Waals surface area contributed by atoms with Gasteiger partial charge in [0.15, 0.2) is 0 Å². The van der Waals surface area contributed by atoms with E-state index in [1.54, 1.807) is 4.90 Å². The van der Waals surface area contributed by atoms with Crippen molar-refractivity contribution in [1.82, 2.24) is 15.3 Å². The van der Waals surface area contributed by atoms with Crippen LogP contribution in [0.2, 0.25) is 0 Å². The Hall–Kier alpha value is -1.69. The number of amides is 1. The highest BCUT2D eigenvalue weighted by atomic mass is 16.6. The summed E-state index contributed by atoms with van der Waals surface area (Å²) in [5.74, 6) is 1.84. The van der Waals surface area contributed by atoms with Crippen LogP contribution < -0.4 is 10.2 Å². The molecule has 0 aromatic carbocycles. The van der Waals surface area contributed by atoms with E-state index in [-0.39, 0.29) is 11.7 Å². The highest BCUT2D eigenvalue weighted by Crippen LogP contribution is 2.38. The Kier molecular flexibility index (Phi) is 3.71. The number of nitrogens with zero attached hydrogens (tertiary/aromatic N) is 3. The molecule has 1 amide bonds. The van der Waals surface area contributed by atoms with Crippen LogP contribution in [0.3, 0.4) is 0 Å². The van der Waals surface area contributed by atoms with Crippen LogP contribution in [0, 0.1) is 6.92 Å². The molecule has 2 saturated heterocycles. The topological polar surface area (TPSA) is 67.3 Å². The Bertz CT molecular complexity index is 607. The second kappa shape index (κ2) is 5.74. The van der Waals surface area contributed by atoms with Gasteiger partial charge < -0.3 is 10.1 Å². The lowest BCUT2D eigenvalue weighted by Gasteiger charge is -2.30. The Labute approximate surface area is 136 Å². The van der Waals surface area contributed by atoms with Crippen LogP contribution in [0.5, 0.6) is 0 Å². The molecule has 1 aromatic heterocycles. The van der Waals surface area contributed by atoms with E-state index in [9.17, 15) is 4.79 Å². The van der Waals surface area contributed by atoms with Crippen LogP contribution in [-0.2, 0) is 4.74 Å². The number of anilines is 1. The van der Waals surface area contributed by atoms with Crippen LogP contribution >= 0.6 is 0 Å². The average Bonchev–Trinajstić information content (AvgIpc) is 3.16. The first kappa shape index (κ1) is 14.9. The molecule has 6 heteroatoms. The molecule has 23 heavy (non-hydrogen) atoms. The largest absolute Gasteiger partial charge is 0.441 e. The molecule has 1 atom stereocenters. The van der Waals surface area contributed by atoms with E-state index in [2.05, 4.69) is 15.3 Å². The summed E-state index contributed by atoms with van der Waals surface area (Å²) in [4.78, 5) is 23.2. The molecule has 1 N–H and O–H groups in total. The van der Waals surface area contributed by atoms with Crippen molar-refractivity contribution >= 4 is 11.9 Å². The minimum absolute atomic E-state index is 0.250. The fourth-order valence-electron chi connectivity index (χ4n) is 4.09. The molecule has 6 nitrogen and oxygen atoms in total. The van der Waals surface area contributed by atoms with Crippen molar-refractivity contribution in [2.75, 3.05) is 24.5 Å². The molecule has 2 aliphatic heterocycles. The molecule has 1 spiro atoms. The summed E-state index contributed by atoms with van der Waals surface area (Å²) in [6.07, 6.45) is 6.30. The molecule has 1 unspecified atom stereocenters. The molecule has 3 aliphatic rings. The highest BCUT2D eigenvalue weighted by Gasteiger charge is 2.46. The maximum atomic E-state index is 12.4. The summed E-state index contributed by atoms with van der Waals surface area (Å²) in [6.45, 7) is 4.50. The molecule has 1 saturated carbocycles. The average molecular weight is 316 g/mol. The lowest BCUT2D eigenvalue weighted by molar-refractivity contribution is 0.0260. The Morgan fingerprint density at radius 1 is 1.30 bits per heavy atom. The minimum Gasteiger partial charge on any atom is -0.441 e. The molecule has 4 rings (SSSR count). The number of aromatic nitrogens is 2.